The molecule has 0 saturated carbocycles. The summed E-state index contributed by atoms with van der Waals surface area (Å²) in [4.78, 5) is 9.75. The summed E-state index contributed by atoms with van der Waals surface area (Å²) >= 11 is 0. The first-order valence-corrected chi connectivity index (χ1v) is 12.5. The molecular formula is C27H40IN5O. The zero-order valence-electron chi connectivity index (χ0n) is 20.3. The van der Waals surface area contributed by atoms with Crippen LogP contribution < -0.4 is 15.5 Å². The van der Waals surface area contributed by atoms with Crippen molar-refractivity contribution in [1.29, 1.82) is 0 Å². The molecule has 6 nitrogen and oxygen atoms in total. The smallest absolute Gasteiger partial charge is 0.191 e. The van der Waals surface area contributed by atoms with Gasteiger partial charge in [-0.25, -0.2) is 4.99 Å². The molecule has 2 aromatic carbocycles. The molecule has 7 heteroatoms. The summed E-state index contributed by atoms with van der Waals surface area (Å²) in [6.07, 6.45) is 3.89. The van der Waals surface area contributed by atoms with E-state index in [1.54, 1.807) is 0 Å². The first-order chi connectivity index (χ1) is 16.2. The van der Waals surface area contributed by atoms with Crippen LogP contribution in [0.5, 0.6) is 0 Å². The number of benzene rings is 2. The predicted octanol–water partition coefficient (Wildman–Crippen LogP) is 3.99. The van der Waals surface area contributed by atoms with Gasteiger partial charge in [-0.2, -0.15) is 0 Å². The molecule has 34 heavy (non-hydrogen) atoms. The van der Waals surface area contributed by atoms with E-state index in [1.807, 2.05) is 0 Å². The lowest BCUT2D eigenvalue weighted by Crippen LogP contribution is -2.48. The van der Waals surface area contributed by atoms with Crippen LogP contribution in [0.2, 0.25) is 0 Å². The SMILES string of the molecule is CCNC(=NCc1ccc(CN2CCC(O)CC2)cc1)NC1CCN(c2ccccc2)CC1.I. The van der Waals surface area contributed by atoms with Crippen LogP contribution in [0.3, 0.4) is 0 Å². The Hall–Kier alpha value is -1.84. The van der Waals surface area contributed by atoms with Gasteiger partial charge in [0.25, 0.3) is 0 Å². The van der Waals surface area contributed by atoms with Crippen LogP contribution in [0, 0.1) is 0 Å². The highest BCUT2D eigenvalue weighted by atomic mass is 127. The van der Waals surface area contributed by atoms with Gasteiger partial charge in [0.2, 0.25) is 0 Å². The van der Waals surface area contributed by atoms with Crippen molar-refractivity contribution >= 4 is 35.6 Å². The maximum atomic E-state index is 9.68. The third-order valence-corrected chi connectivity index (χ3v) is 6.71. The van der Waals surface area contributed by atoms with E-state index in [-0.39, 0.29) is 30.1 Å². The van der Waals surface area contributed by atoms with E-state index >= 15 is 0 Å². The van der Waals surface area contributed by atoms with E-state index in [2.05, 4.69) is 82.0 Å². The summed E-state index contributed by atoms with van der Waals surface area (Å²) in [5.74, 6) is 0.909. The normalized spacial score (nSPS) is 18.4. The van der Waals surface area contributed by atoms with E-state index in [0.29, 0.717) is 12.6 Å². The number of nitrogens with zero attached hydrogens (tertiary/aromatic N) is 3. The minimum absolute atomic E-state index is 0. The highest BCUT2D eigenvalue weighted by Crippen LogP contribution is 2.19. The molecule has 186 valence electrons. The molecule has 0 amide bonds. The van der Waals surface area contributed by atoms with Crippen LogP contribution in [0.1, 0.15) is 43.7 Å². The maximum Gasteiger partial charge on any atom is 0.191 e. The third kappa shape index (κ3) is 8.13. The van der Waals surface area contributed by atoms with Crippen LogP contribution in [-0.4, -0.2) is 60.8 Å². The molecule has 2 aliphatic heterocycles. The van der Waals surface area contributed by atoms with Crippen molar-refractivity contribution in [2.45, 2.75) is 57.8 Å². The standard InChI is InChI=1S/C27H39N5O.HI/c1-2-28-27(30-24-12-18-32(19-13-24)25-6-4-3-5-7-25)29-20-22-8-10-23(11-9-22)21-31-16-14-26(33)15-17-31;/h3-11,24,26,33H,2,12-21H2,1H3,(H2,28,29,30);1H. The van der Waals surface area contributed by atoms with Crippen molar-refractivity contribution in [1.82, 2.24) is 15.5 Å². The number of aliphatic hydroxyl groups excluding tert-OH is 1. The molecule has 0 aliphatic carbocycles. The average molecular weight is 578 g/mol. The van der Waals surface area contributed by atoms with Crippen LogP contribution >= 0.6 is 24.0 Å². The molecule has 2 heterocycles. The lowest BCUT2D eigenvalue weighted by atomic mass is 10.0. The Morgan fingerprint density at radius 2 is 1.56 bits per heavy atom. The topological polar surface area (TPSA) is 63.1 Å². The van der Waals surface area contributed by atoms with E-state index in [0.717, 1.165) is 70.9 Å². The minimum atomic E-state index is -0.113. The number of aliphatic imine (C=N–C) groups is 1. The third-order valence-electron chi connectivity index (χ3n) is 6.71. The molecule has 4 rings (SSSR count). The Morgan fingerprint density at radius 3 is 2.21 bits per heavy atom. The summed E-state index contributed by atoms with van der Waals surface area (Å²) in [6.45, 7) is 8.71. The Kier molecular flexibility index (Phi) is 10.9. The van der Waals surface area contributed by atoms with Crippen LogP contribution in [0.25, 0.3) is 0 Å². The van der Waals surface area contributed by atoms with E-state index in [1.165, 1.54) is 16.8 Å². The fraction of sp³-hybridized carbons (Fsp3) is 0.519. The van der Waals surface area contributed by atoms with E-state index < -0.39 is 0 Å². The Labute approximate surface area is 221 Å². The Balaban J connectivity index is 0.00000324. The van der Waals surface area contributed by atoms with Crippen molar-refractivity contribution < 1.29 is 5.11 Å². The molecule has 3 N–H and O–H groups in total. The van der Waals surface area contributed by atoms with Crippen molar-refractivity contribution in [3.8, 4) is 0 Å². The fourth-order valence-corrected chi connectivity index (χ4v) is 4.69. The molecule has 0 atom stereocenters. The average Bonchev–Trinajstić information content (AvgIpc) is 2.86. The molecule has 2 aliphatic rings. The van der Waals surface area contributed by atoms with Crippen LogP contribution in [-0.2, 0) is 13.1 Å². The van der Waals surface area contributed by atoms with Gasteiger partial charge in [-0.15, -0.1) is 24.0 Å². The van der Waals surface area contributed by atoms with Crippen molar-refractivity contribution in [3.05, 3.63) is 65.7 Å². The molecule has 0 spiro atoms. The number of guanidine groups is 1. The van der Waals surface area contributed by atoms with Crippen molar-refractivity contribution in [3.63, 3.8) is 0 Å². The van der Waals surface area contributed by atoms with E-state index in [4.69, 9.17) is 4.99 Å². The van der Waals surface area contributed by atoms with E-state index in [9.17, 15) is 5.11 Å². The van der Waals surface area contributed by atoms with Gasteiger partial charge >= 0.3 is 0 Å². The van der Waals surface area contributed by atoms with Crippen LogP contribution in [0.15, 0.2) is 59.6 Å². The summed E-state index contributed by atoms with van der Waals surface area (Å²) < 4.78 is 0. The van der Waals surface area contributed by atoms with Gasteiger partial charge in [0.15, 0.2) is 5.96 Å². The minimum Gasteiger partial charge on any atom is -0.393 e. The van der Waals surface area contributed by atoms with Gasteiger partial charge in [0, 0.05) is 51.0 Å². The molecule has 2 aromatic rings. The molecular weight excluding hydrogens is 537 g/mol. The number of halogens is 1. The highest BCUT2D eigenvalue weighted by molar-refractivity contribution is 14.0. The molecule has 2 saturated heterocycles. The molecule has 0 bridgehead atoms. The summed E-state index contributed by atoms with van der Waals surface area (Å²) in [7, 11) is 0. The zero-order chi connectivity index (χ0) is 22.9. The largest absolute Gasteiger partial charge is 0.393 e. The zero-order valence-corrected chi connectivity index (χ0v) is 22.7. The number of anilines is 1. The first kappa shape index (κ1) is 26.8. The second-order valence-electron chi connectivity index (χ2n) is 9.26. The van der Waals surface area contributed by atoms with Crippen LogP contribution in [0.4, 0.5) is 5.69 Å². The lowest BCUT2D eigenvalue weighted by molar-refractivity contribution is 0.0792. The molecule has 0 aromatic heterocycles. The van der Waals surface area contributed by atoms with Gasteiger partial charge in [0.05, 0.1) is 12.6 Å². The number of likely N-dealkylation sites (tertiary alicyclic amines) is 1. The lowest BCUT2D eigenvalue weighted by Gasteiger charge is -2.34. The summed E-state index contributed by atoms with van der Waals surface area (Å²) in [5.41, 5.74) is 3.87. The number of nitrogens with one attached hydrogen (secondary N) is 2. The Morgan fingerprint density at radius 1 is 0.912 bits per heavy atom. The maximum absolute atomic E-state index is 9.68. The molecule has 0 unspecified atom stereocenters. The summed E-state index contributed by atoms with van der Waals surface area (Å²) in [5, 5.41) is 16.7. The first-order valence-electron chi connectivity index (χ1n) is 12.5. The van der Waals surface area contributed by atoms with Crippen molar-refractivity contribution in [2.24, 2.45) is 4.99 Å². The molecule has 2 fully saturated rings. The van der Waals surface area contributed by atoms with Crippen molar-refractivity contribution in [2.75, 3.05) is 37.6 Å². The number of hydrogen-bond acceptors (Lipinski definition) is 4. The van der Waals surface area contributed by atoms with Gasteiger partial charge in [-0.05, 0) is 55.9 Å². The number of rotatable bonds is 7. The Bertz CT molecular complexity index is 860. The second-order valence-corrected chi connectivity index (χ2v) is 9.26. The van der Waals surface area contributed by atoms with Gasteiger partial charge in [0.1, 0.15) is 0 Å². The number of aliphatic hydroxyl groups is 1. The monoisotopic (exact) mass is 577 g/mol. The number of para-hydroxylation sites is 1. The number of piperidine rings is 2. The fourth-order valence-electron chi connectivity index (χ4n) is 4.69. The predicted molar refractivity (Wildman–Crippen MR) is 152 cm³/mol. The second kappa shape index (κ2) is 13.9. The summed E-state index contributed by atoms with van der Waals surface area (Å²) in [6, 6.07) is 20.0. The van der Waals surface area contributed by atoms with Gasteiger partial charge in [-0.3, -0.25) is 4.90 Å². The van der Waals surface area contributed by atoms with Gasteiger partial charge in [-0.1, -0.05) is 42.5 Å². The highest BCUT2D eigenvalue weighted by Gasteiger charge is 2.20. The quantitative estimate of drug-likeness (QED) is 0.264. The number of hydrogen-bond donors (Lipinski definition) is 3. The molecule has 0 radical (unpaired) electrons. The van der Waals surface area contributed by atoms with Gasteiger partial charge < -0.3 is 20.6 Å².